The second kappa shape index (κ2) is 5.20. The maximum atomic E-state index is 9.43. The van der Waals surface area contributed by atoms with Crippen LogP contribution in [0.25, 0.3) is 5.82 Å². The second-order valence-corrected chi connectivity index (χ2v) is 5.12. The van der Waals surface area contributed by atoms with Crippen molar-refractivity contribution in [1.82, 2.24) is 14.8 Å². The third kappa shape index (κ3) is 2.20. The molecule has 0 aliphatic carbocycles. The lowest BCUT2D eigenvalue weighted by molar-refractivity contribution is 0.280. The van der Waals surface area contributed by atoms with Gasteiger partial charge in [0.25, 0.3) is 0 Å². The van der Waals surface area contributed by atoms with Crippen molar-refractivity contribution in [2.45, 2.75) is 33.8 Å². The molecule has 0 spiro atoms. The number of halogens is 1. The summed E-state index contributed by atoms with van der Waals surface area (Å²) in [5.41, 5.74) is 4.10. The van der Waals surface area contributed by atoms with Gasteiger partial charge in [0.1, 0.15) is 0 Å². The first kappa shape index (κ1) is 13.2. The number of nitrogens with zero attached hydrogens (tertiary/aromatic N) is 3. The van der Waals surface area contributed by atoms with Gasteiger partial charge in [-0.15, -0.1) is 0 Å². The number of rotatable bonds is 3. The summed E-state index contributed by atoms with van der Waals surface area (Å²) in [5, 5.41) is 13.9. The van der Waals surface area contributed by atoms with Crippen molar-refractivity contribution < 1.29 is 5.11 Å². The van der Waals surface area contributed by atoms with Gasteiger partial charge in [-0.1, -0.05) is 6.92 Å². The fourth-order valence-electron chi connectivity index (χ4n) is 2.17. The Kier molecular flexibility index (Phi) is 3.82. The van der Waals surface area contributed by atoms with E-state index in [1.807, 2.05) is 24.6 Å². The fourth-order valence-corrected chi connectivity index (χ4v) is 2.55. The number of aromatic nitrogens is 3. The number of pyridine rings is 1. The Morgan fingerprint density at radius 2 is 2.11 bits per heavy atom. The minimum Gasteiger partial charge on any atom is -0.392 e. The summed E-state index contributed by atoms with van der Waals surface area (Å²) in [6, 6.07) is 1.87. The molecule has 5 heteroatoms. The van der Waals surface area contributed by atoms with Gasteiger partial charge in [-0.2, -0.15) is 5.10 Å². The molecule has 0 unspecified atom stereocenters. The van der Waals surface area contributed by atoms with E-state index < -0.39 is 0 Å². The van der Waals surface area contributed by atoms with Crippen molar-refractivity contribution >= 4 is 15.9 Å². The Morgan fingerprint density at radius 3 is 2.67 bits per heavy atom. The van der Waals surface area contributed by atoms with Crippen molar-refractivity contribution in [3.05, 3.63) is 39.3 Å². The second-order valence-electron chi connectivity index (χ2n) is 4.21. The van der Waals surface area contributed by atoms with Crippen molar-refractivity contribution in [1.29, 1.82) is 0 Å². The molecular weight excluding hydrogens is 294 g/mol. The standard InChI is InChI=1S/C13H16BrN3O/c1-4-12-8(2)16-17(9(12)3)13-10(7-18)5-11(14)6-15-13/h5-6,18H,4,7H2,1-3H3. The summed E-state index contributed by atoms with van der Waals surface area (Å²) >= 11 is 3.36. The zero-order valence-electron chi connectivity index (χ0n) is 10.7. The van der Waals surface area contributed by atoms with Crippen LogP contribution in [0.4, 0.5) is 0 Å². The van der Waals surface area contributed by atoms with Gasteiger partial charge in [0.15, 0.2) is 5.82 Å². The summed E-state index contributed by atoms with van der Waals surface area (Å²) in [5.74, 6) is 0.695. The highest BCUT2D eigenvalue weighted by molar-refractivity contribution is 9.10. The van der Waals surface area contributed by atoms with E-state index >= 15 is 0 Å². The summed E-state index contributed by atoms with van der Waals surface area (Å²) in [6.07, 6.45) is 2.67. The van der Waals surface area contributed by atoms with Crippen LogP contribution in [-0.4, -0.2) is 19.9 Å². The van der Waals surface area contributed by atoms with Crippen LogP contribution in [0.1, 0.15) is 29.4 Å². The SMILES string of the molecule is CCc1c(C)nn(-c2ncc(Br)cc2CO)c1C. The van der Waals surface area contributed by atoms with Crippen LogP contribution in [0.5, 0.6) is 0 Å². The van der Waals surface area contributed by atoms with E-state index in [0.717, 1.165) is 27.8 Å². The molecule has 0 saturated heterocycles. The topological polar surface area (TPSA) is 50.9 Å². The lowest BCUT2D eigenvalue weighted by atomic mass is 10.1. The van der Waals surface area contributed by atoms with Crippen LogP contribution in [0.2, 0.25) is 0 Å². The summed E-state index contributed by atoms with van der Waals surface area (Å²) < 4.78 is 2.67. The van der Waals surface area contributed by atoms with Crippen LogP contribution < -0.4 is 0 Å². The molecule has 0 atom stereocenters. The Balaban J connectivity index is 2.62. The Morgan fingerprint density at radius 1 is 1.39 bits per heavy atom. The van der Waals surface area contributed by atoms with Crippen molar-refractivity contribution in [2.75, 3.05) is 0 Å². The molecular formula is C13H16BrN3O. The Bertz CT molecular complexity index is 578. The average Bonchev–Trinajstić information content (AvgIpc) is 2.64. The van der Waals surface area contributed by atoms with Crippen molar-refractivity contribution in [3.63, 3.8) is 0 Å². The highest BCUT2D eigenvalue weighted by Crippen LogP contribution is 2.21. The molecule has 0 aromatic carbocycles. The molecule has 96 valence electrons. The smallest absolute Gasteiger partial charge is 0.159 e. The van der Waals surface area contributed by atoms with E-state index in [2.05, 4.69) is 32.9 Å². The molecule has 0 amide bonds. The number of aliphatic hydroxyl groups excluding tert-OH is 1. The maximum absolute atomic E-state index is 9.43. The van der Waals surface area contributed by atoms with E-state index in [4.69, 9.17) is 0 Å². The molecule has 0 aliphatic rings. The third-order valence-electron chi connectivity index (χ3n) is 3.08. The molecule has 4 nitrogen and oxygen atoms in total. The molecule has 0 bridgehead atoms. The maximum Gasteiger partial charge on any atom is 0.159 e. The highest BCUT2D eigenvalue weighted by atomic mass is 79.9. The van der Waals surface area contributed by atoms with E-state index in [0.29, 0.717) is 5.82 Å². The van der Waals surface area contributed by atoms with Crippen LogP contribution in [0.15, 0.2) is 16.7 Å². The van der Waals surface area contributed by atoms with Gasteiger partial charge in [-0.3, -0.25) is 0 Å². The molecule has 2 aromatic rings. The predicted molar refractivity (Wildman–Crippen MR) is 73.8 cm³/mol. The number of hydrogen-bond donors (Lipinski definition) is 1. The van der Waals surface area contributed by atoms with Crippen LogP contribution in [0.3, 0.4) is 0 Å². The summed E-state index contributed by atoms with van der Waals surface area (Å²) in [7, 11) is 0. The van der Waals surface area contributed by atoms with Crippen LogP contribution >= 0.6 is 15.9 Å². The van der Waals surface area contributed by atoms with E-state index in [9.17, 15) is 5.11 Å². The van der Waals surface area contributed by atoms with Gasteiger partial charge in [-0.25, -0.2) is 9.67 Å². The quantitative estimate of drug-likeness (QED) is 0.948. The molecule has 1 N–H and O–H groups in total. The first-order valence-corrected chi connectivity index (χ1v) is 6.68. The monoisotopic (exact) mass is 309 g/mol. The first-order chi connectivity index (χ1) is 8.58. The molecule has 0 aliphatic heterocycles. The highest BCUT2D eigenvalue weighted by Gasteiger charge is 2.14. The summed E-state index contributed by atoms with van der Waals surface area (Å²) in [6.45, 7) is 6.09. The van der Waals surface area contributed by atoms with Crippen molar-refractivity contribution in [3.8, 4) is 5.82 Å². The van der Waals surface area contributed by atoms with E-state index in [1.165, 1.54) is 5.56 Å². The van der Waals surface area contributed by atoms with Gasteiger partial charge in [-0.05, 0) is 47.8 Å². The molecule has 0 saturated carbocycles. The van der Waals surface area contributed by atoms with E-state index in [-0.39, 0.29) is 6.61 Å². The summed E-state index contributed by atoms with van der Waals surface area (Å²) in [4.78, 5) is 4.36. The number of aryl methyl sites for hydroxylation is 1. The molecule has 2 heterocycles. The molecule has 0 fully saturated rings. The molecule has 2 rings (SSSR count). The zero-order chi connectivity index (χ0) is 13.3. The minimum absolute atomic E-state index is 0.0540. The molecule has 18 heavy (non-hydrogen) atoms. The average molecular weight is 310 g/mol. The predicted octanol–water partition coefficient (Wildman–Crippen LogP) is 2.70. The normalized spacial score (nSPS) is 10.9. The molecule has 0 radical (unpaired) electrons. The first-order valence-electron chi connectivity index (χ1n) is 5.89. The Labute approximate surface area is 115 Å². The zero-order valence-corrected chi connectivity index (χ0v) is 12.3. The number of hydrogen-bond acceptors (Lipinski definition) is 3. The third-order valence-corrected chi connectivity index (χ3v) is 3.51. The van der Waals surface area contributed by atoms with Crippen LogP contribution in [-0.2, 0) is 13.0 Å². The fraction of sp³-hybridized carbons (Fsp3) is 0.385. The molecule has 2 aromatic heterocycles. The lowest BCUT2D eigenvalue weighted by Crippen LogP contribution is -2.06. The number of aliphatic hydroxyl groups is 1. The van der Waals surface area contributed by atoms with Gasteiger partial charge in [0.05, 0.1) is 12.3 Å². The van der Waals surface area contributed by atoms with Gasteiger partial charge >= 0.3 is 0 Å². The minimum atomic E-state index is -0.0540. The largest absolute Gasteiger partial charge is 0.392 e. The van der Waals surface area contributed by atoms with Crippen molar-refractivity contribution in [2.24, 2.45) is 0 Å². The van der Waals surface area contributed by atoms with Gasteiger partial charge < -0.3 is 5.11 Å². The van der Waals surface area contributed by atoms with E-state index in [1.54, 1.807) is 6.20 Å². The van der Waals surface area contributed by atoms with Gasteiger partial charge in [0.2, 0.25) is 0 Å². The lowest BCUT2D eigenvalue weighted by Gasteiger charge is -2.09. The Hall–Kier alpha value is -1.20. The van der Waals surface area contributed by atoms with Crippen LogP contribution in [0, 0.1) is 13.8 Å². The van der Waals surface area contributed by atoms with Gasteiger partial charge in [0, 0.05) is 21.9 Å².